The molecule has 0 unspecified atom stereocenters. The van der Waals surface area contributed by atoms with Gasteiger partial charge in [0.1, 0.15) is 23.3 Å². The molecule has 38 heavy (non-hydrogen) atoms. The average Bonchev–Trinajstić information content (AvgIpc) is 3.03. The van der Waals surface area contributed by atoms with Crippen LogP contribution in [0.2, 0.25) is 0 Å². The molecule has 0 saturated carbocycles. The average molecular weight is 555 g/mol. The third-order valence-corrected chi connectivity index (χ3v) is 7.02. The largest absolute Gasteiger partial charge is 0.495 e. The third kappa shape index (κ3) is 6.38. The highest BCUT2D eigenvalue weighted by Crippen LogP contribution is 2.30. The predicted molar refractivity (Wildman–Crippen MR) is 133 cm³/mol. The quantitative estimate of drug-likeness (QED) is 0.357. The summed E-state index contributed by atoms with van der Waals surface area (Å²) >= 11 is 0. The number of sulfone groups is 1. The number of ether oxygens (including phenoxy) is 2. The van der Waals surface area contributed by atoms with Crippen LogP contribution in [0.25, 0.3) is 5.65 Å². The fourth-order valence-electron chi connectivity index (χ4n) is 4.17. The summed E-state index contributed by atoms with van der Waals surface area (Å²) in [6.45, 7) is 0.575. The van der Waals surface area contributed by atoms with E-state index in [0.717, 1.165) is 6.26 Å². The maximum Gasteiger partial charge on any atom is 0.394 e. The molecule has 2 aromatic heterocycles. The van der Waals surface area contributed by atoms with Crippen LogP contribution in [0.4, 0.5) is 23.2 Å². The first kappa shape index (κ1) is 27.7. The number of anilines is 1. The first-order valence-electron chi connectivity index (χ1n) is 11.6. The Morgan fingerprint density at radius 1 is 1.32 bits per heavy atom. The van der Waals surface area contributed by atoms with E-state index in [1.165, 1.54) is 35.9 Å². The Morgan fingerprint density at radius 3 is 2.82 bits per heavy atom. The third-order valence-electron chi connectivity index (χ3n) is 5.91. The molecule has 2 atom stereocenters. The summed E-state index contributed by atoms with van der Waals surface area (Å²) in [5, 5.41) is 6.01. The van der Waals surface area contributed by atoms with Crippen molar-refractivity contribution in [2.75, 3.05) is 45.0 Å². The number of fused-ring (bicyclic) bond motifs is 1. The second kappa shape index (κ2) is 11.2. The lowest BCUT2D eigenvalue weighted by atomic mass is 10.0. The van der Waals surface area contributed by atoms with E-state index in [-0.39, 0.29) is 40.8 Å². The molecule has 0 radical (unpaired) electrons. The Balaban J connectivity index is 1.66. The molecule has 1 aliphatic rings. The molecule has 0 spiro atoms. The minimum atomic E-state index is -4.52. The predicted octanol–water partition coefficient (Wildman–Crippen LogP) is 3.31. The van der Waals surface area contributed by atoms with E-state index in [4.69, 9.17) is 9.47 Å². The second-order valence-corrected chi connectivity index (χ2v) is 10.7. The van der Waals surface area contributed by atoms with Crippen molar-refractivity contribution in [1.82, 2.24) is 14.7 Å². The molecule has 3 aromatic rings. The van der Waals surface area contributed by atoms with Crippen LogP contribution in [0, 0.1) is 11.8 Å². The molecule has 4 rings (SSSR count). The van der Waals surface area contributed by atoms with Gasteiger partial charge in [0.2, 0.25) is 0 Å². The number of aromatic nitrogens is 2. The zero-order chi connectivity index (χ0) is 27.5. The molecule has 8 nitrogen and oxygen atoms in total. The lowest BCUT2D eigenvalue weighted by molar-refractivity contribution is -0.128. The van der Waals surface area contributed by atoms with E-state index >= 15 is 0 Å². The molecule has 1 fully saturated rings. The Morgan fingerprint density at radius 2 is 2.11 bits per heavy atom. The molecule has 0 bridgehead atoms. The van der Waals surface area contributed by atoms with Crippen molar-refractivity contribution < 1.29 is 35.5 Å². The number of nitrogens with one attached hydrogen (secondary N) is 2. The summed E-state index contributed by atoms with van der Waals surface area (Å²) in [4.78, 5) is 4.45. The first-order valence-corrected chi connectivity index (χ1v) is 13.5. The minimum absolute atomic E-state index is 0.00877. The van der Waals surface area contributed by atoms with Crippen molar-refractivity contribution in [2.45, 2.75) is 29.7 Å². The van der Waals surface area contributed by atoms with Crippen LogP contribution in [0.3, 0.4) is 0 Å². The molecule has 0 aliphatic carbocycles. The summed E-state index contributed by atoms with van der Waals surface area (Å²) in [7, 11) is -2.05. The van der Waals surface area contributed by atoms with Gasteiger partial charge in [-0.25, -0.2) is 17.8 Å². The number of nitrogens with zero attached hydrogens (tertiary/aromatic N) is 2. The fourth-order valence-corrected chi connectivity index (χ4v) is 4.80. The zero-order valence-electron chi connectivity index (χ0n) is 20.6. The highest BCUT2D eigenvalue weighted by molar-refractivity contribution is 7.90. The highest BCUT2D eigenvalue weighted by atomic mass is 32.2. The Labute approximate surface area is 217 Å². The van der Waals surface area contributed by atoms with Crippen molar-refractivity contribution in [1.29, 1.82) is 0 Å². The van der Waals surface area contributed by atoms with E-state index in [9.17, 15) is 26.0 Å². The van der Waals surface area contributed by atoms with E-state index in [2.05, 4.69) is 27.5 Å². The van der Waals surface area contributed by atoms with Crippen molar-refractivity contribution in [3.8, 4) is 17.6 Å². The Kier molecular flexibility index (Phi) is 8.15. The number of rotatable bonds is 6. The van der Waals surface area contributed by atoms with Crippen molar-refractivity contribution in [2.24, 2.45) is 0 Å². The Hall–Kier alpha value is -3.34. The monoisotopic (exact) mass is 554 g/mol. The van der Waals surface area contributed by atoms with Crippen molar-refractivity contribution >= 4 is 21.2 Å². The van der Waals surface area contributed by atoms with E-state index in [0.29, 0.717) is 24.4 Å². The van der Waals surface area contributed by atoms with Crippen LogP contribution in [0.5, 0.6) is 5.75 Å². The molecule has 0 amide bonds. The number of imidazole rings is 1. The van der Waals surface area contributed by atoms with Crippen molar-refractivity contribution in [3.63, 3.8) is 0 Å². The standard InChI is InChI=1S/C25H26F4N4O4S/c1-36-22-13-16(38(2,34)35)7-8-20(22)30-9-3-6-19-21(14-25(27,28)29)33-11-4-5-17(24(33)32-19)23-18(26)15-37-12-10-31-23/h4-5,7-8,11,13,18,23,30-31H,9-10,12,14-15H2,1-2H3/t18-,23+/m0/s1. The number of benzene rings is 1. The number of hydrogen-bond acceptors (Lipinski definition) is 7. The maximum atomic E-state index is 14.8. The van der Waals surface area contributed by atoms with Gasteiger partial charge < -0.3 is 24.5 Å². The highest BCUT2D eigenvalue weighted by Gasteiger charge is 2.33. The van der Waals surface area contributed by atoms with Gasteiger partial charge in [-0.05, 0) is 24.1 Å². The topological polar surface area (TPSA) is 94.0 Å². The molecule has 3 heterocycles. The van der Waals surface area contributed by atoms with Gasteiger partial charge in [0.25, 0.3) is 0 Å². The van der Waals surface area contributed by atoms with Gasteiger partial charge in [-0.1, -0.05) is 12.0 Å². The number of methoxy groups -OCH3 is 1. The maximum absolute atomic E-state index is 14.8. The summed E-state index contributed by atoms with van der Waals surface area (Å²) in [5.41, 5.74) is 0.825. The van der Waals surface area contributed by atoms with Gasteiger partial charge in [-0.3, -0.25) is 0 Å². The lowest BCUT2D eigenvalue weighted by Gasteiger charge is -2.20. The normalized spacial score (nSPS) is 18.5. The fraction of sp³-hybridized carbons (Fsp3) is 0.400. The van der Waals surface area contributed by atoms with E-state index < -0.39 is 34.6 Å². The summed E-state index contributed by atoms with van der Waals surface area (Å²) in [6.07, 6.45) is -4.67. The van der Waals surface area contributed by atoms with Gasteiger partial charge in [0, 0.05) is 30.6 Å². The zero-order valence-corrected chi connectivity index (χ0v) is 21.4. The molecule has 2 N–H and O–H groups in total. The number of halogens is 4. The van der Waals surface area contributed by atoms with Gasteiger partial charge in [-0.2, -0.15) is 13.2 Å². The van der Waals surface area contributed by atoms with Gasteiger partial charge in [0.15, 0.2) is 9.84 Å². The molecule has 204 valence electrons. The van der Waals surface area contributed by atoms with E-state index in [1.807, 2.05) is 0 Å². The molecule has 1 saturated heterocycles. The van der Waals surface area contributed by atoms with Crippen molar-refractivity contribution in [3.05, 3.63) is 53.5 Å². The smallest absolute Gasteiger partial charge is 0.394 e. The first-order chi connectivity index (χ1) is 18.0. The Bertz CT molecular complexity index is 1480. The van der Waals surface area contributed by atoms with Gasteiger partial charge in [0.05, 0.1) is 55.6 Å². The summed E-state index contributed by atoms with van der Waals surface area (Å²) in [5.74, 6) is 5.73. The van der Waals surface area contributed by atoms with Gasteiger partial charge in [-0.15, -0.1) is 0 Å². The second-order valence-electron chi connectivity index (χ2n) is 8.67. The molecular formula is C25H26F4N4O4S. The summed E-state index contributed by atoms with van der Waals surface area (Å²) in [6, 6.07) is 6.66. The summed E-state index contributed by atoms with van der Waals surface area (Å²) < 4.78 is 90.5. The number of hydrogen-bond donors (Lipinski definition) is 2. The van der Waals surface area contributed by atoms with Crippen LogP contribution < -0.4 is 15.4 Å². The SMILES string of the molecule is COc1cc(S(C)(=O)=O)ccc1NCC#Cc1nc2c([C@H]3NCCOC[C@@H]3F)cccn2c1CC(F)(F)F. The number of alkyl halides is 4. The molecule has 1 aromatic carbocycles. The van der Waals surface area contributed by atoms with Crippen LogP contribution >= 0.6 is 0 Å². The minimum Gasteiger partial charge on any atom is -0.495 e. The van der Waals surface area contributed by atoms with Crippen LogP contribution in [0.15, 0.2) is 41.4 Å². The van der Waals surface area contributed by atoms with Crippen LogP contribution in [0.1, 0.15) is 23.0 Å². The molecular weight excluding hydrogens is 528 g/mol. The van der Waals surface area contributed by atoms with Crippen LogP contribution in [-0.2, 0) is 21.0 Å². The van der Waals surface area contributed by atoms with E-state index in [1.54, 1.807) is 12.1 Å². The van der Waals surface area contributed by atoms with Gasteiger partial charge >= 0.3 is 6.18 Å². The molecule has 1 aliphatic heterocycles. The lowest BCUT2D eigenvalue weighted by Crippen LogP contribution is -2.30. The van der Waals surface area contributed by atoms with Crippen LogP contribution in [-0.4, -0.2) is 69.8 Å². The molecule has 13 heteroatoms. The number of pyridine rings is 1.